The summed E-state index contributed by atoms with van der Waals surface area (Å²) in [5.74, 6) is -2.15. The monoisotopic (exact) mass is 443 g/mol. The first-order chi connectivity index (χ1) is 15.3. The Kier molecular flexibility index (Phi) is 5.70. The summed E-state index contributed by atoms with van der Waals surface area (Å²) in [6.45, 7) is 1.71. The normalized spacial score (nSPS) is 13.1. The smallest absolute Gasteiger partial charge is 0.328 e. The van der Waals surface area contributed by atoms with Crippen LogP contribution in [-0.4, -0.2) is 41.3 Å². The Balaban J connectivity index is 2.01. The van der Waals surface area contributed by atoms with Crippen LogP contribution in [0.3, 0.4) is 0 Å². The number of nitrogens with one attached hydrogen (secondary N) is 1. The third-order valence-electron chi connectivity index (χ3n) is 5.19. The van der Waals surface area contributed by atoms with Crippen LogP contribution in [0.15, 0.2) is 36.4 Å². The highest BCUT2D eigenvalue weighted by Gasteiger charge is 2.34. The number of rotatable bonds is 5. The van der Waals surface area contributed by atoms with Gasteiger partial charge in [-0.25, -0.2) is 27.8 Å². The third kappa shape index (κ3) is 3.73. The molecule has 2 aromatic carbocycles. The Morgan fingerprint density at radius 3 is 2.53 bits per heavy atom. The first-order valence-electron chi connectivity index (χ1n) is 9.83. The number of anilines is 3. The van der Waals surface area contributed by atoms with E-state index in [0.717, 1.165) is 17.0 Å². The van der Waals surface area contributed by atoms with Gasteiger partial charge < -0.3 is 15.3 Å². The zero-order chi connectivity index (χ0) is 23.0. The van der Waals surface area contributed by atoms with Gasteiger partial charge in [0.25, 0.3) is 0 Å². The van der Waals surface area contributed by atoms with Crippen LogP contribution in [-0.2, 0) is 6.54 Å². The number of benzene rings is 2. The van der Waals surface area contributed by atoms with Gasteiger partial charge in [0.15, 0.2) is 5.82 Å². The molecule has 32 heavy (non-hydrogen) atoms. The van der Waals surface area contributed by atoms with Crippen LogP contribution in [0.25, 0.3) is 11.3 Å². The molecule has 2 amide bonds. The summed E-state index contributed by atoms with van der Waals surface area (Å²) < 4.78 is 43.0. The molecule has 0 saturated heterocycles. The highest BCUT2D eigenvalue weighted by molar-refractivity contribution is 6.02. The zero-order valence-corrected chi connectivity index (χ0v) is 17.4. The van der Waals surface area contributed by atoms with Crippen molar-refractivity contribution >= 4 is 23.5 Å². The zero-order valence-electron chi connectivity index (χ0n) is 17.4. The quantitative estimate of drug-likeness (QED) is 0.629. The van der Waals surface area contributed by atoms with Crippen molar-refractivity contribution in [2.24, 2.45) is 0 Å². The van der Waals surface area contributed by atoms with Gasteiger partial charge in [0.1, 0.15) is 23.1 Å². The Hall–Kier alpha value is -3.66. The lowest BCUT2D eigenvalue weighted by atomic mass is 10.00. The van der Waals surface area contributed by atoms with E-state index in [1.807, 2.05) is 0 Å². The minimum atomic E-state index is -0.934. The summed E-state index contributed by atoms with van der Waals surface area (Å²) in [5.41, 5.74) is 1.40. The third-order valence-corrected chi connectivity index (χ3v) is 5.19. The minimum Gasteiger partial charge on any atom is -0.395 e. The van der Waals surface area contributed by atoms with Crippen molar-refractivity contribution in [3.05, 3.63) is 65.0 Å². The Morgan fingerprint density at radius 2 is 1.88 bits per heavy atom. The van der Waals surface area contributed by atoms with Crippen LogP contribution in [0.5, 0.6) is 0 Å². The number of carbonyl (C=O) groups excluding carboxylic acids is 1. The van der Waals surface area contributed by atoms with E-state index in [2.05, 4.69) is 15.3 Å². The van der Waals surface area contributed by atoms with Gasteiger partial charge in [-0.15, -0.1) is 0 Å². The average molecular weight is 443 g/mol. The van der Waals surface area contributed by atoms with E-state index in [4.69, 9.17) is 0 Å². The number of nitrogens with zero attached hydrogens (tertiary/aromatic N) is 4. The summed E-state index contributed by atoms with van der Waals surface area (Å²) in [5, 5.41) is 11.9. The van der Waals surface area contributed by atoms with Gasteiger partial charge in [0.05, 0.1) is 18.8 Å². The highest BCUT2D eigenvalue weighted by atomic mass is 19.1. The van der Waals surface area contributed by atoms with Gasteiger partial charge in [0.2, 0.25) is 5.95 Å². The van der Waals surface area contributed by atoms with Crippen molar-refractivity contribution in [1.82, 2.24) is 15.3 Å². The first-order valence-corrected chi connectivity index (χ1v) is 9.83. The second-order valence-corrected chi connectivity index (χ2v) is 7.34. The molecular weight excluding hydrogens is 423 g/mol. The molecule has 10 heteroatoms. The molecule has 0 aliphatic carbocycles. The molecule has 2 heterocycles. The molecule has 1 aliphatic rings. The fourth-order valence-electron chi connectivity index (χ4n) is 3.59. The highest BCUT2D eigenvalue weighted by Crippen LogP contribution is 2.39. The number of amides is 2. The Morgan fingerprint density at radius 1 is 1.16 bits per heavy atom. The molecule has 1 aromatic heterocycles. The molecule has 0 spiro atoms. The lowest BCUT2D eigenvalue weighted by molar-refractivity contribution is 0.246. The second kappa shape index (κ2) is 8.46. The van der Waals surface area contributed by atoms with Crippen LogP contribution in [0.1, 0.15) is 11.1 Å². The van der Waals surface area contributed by atoms with E-state index < -0.39 is 29.2 Å². The van der Waals surface area contributed by atoms with Crippen molar-refractivity contribution in [2.45, 2.75) is 13.5 Å². The summed E-state index contributed by atoms with van der Waals surface area (Å²) in [4.78, 5) is 24.1. The van der Waals surface area contributed by atoms with Gasteiger partial charge in [-0.2, -0.15) is 4.98 Å². The van der Waals surface area contributed by atoms with Gasteiger partial charge >= 0.3 is 6.03 Å². The van der Waals surface area contributed by atoms with E-state index >= 15 is 0 Å². The maximum absolute atomic E-state index is 14.6. The van der Waals surface area contributed by atoms with E-state index in [9.17, 15) is 23.1 Å². The van der Waals surface area contributed by atoms with Crippen LogP contribution in [0, 0.1) is 24.4 Å². The second-order valence-electron chi connectivity index (χ2n) is 7.34. The topological polar surface area (TPSA) is 81.6 Å². The number of carbonyl (C=O) groups is 1. The maximum atomic E-state index is 14.6. The number of aromatic nitrogens is 2. The van der Waals surface area contributed by atoms with Crippen LogP contribution < -0.4 is 15.1 Å². The number of para-hydroxylation sites is 1. The average Bonchev–Trinajstić information content (AvgIpc) is 2.74. The summed E-state index contributed by atoms with van der Waals surface area (Å²) in [7, 11) is 1.64. The summed E-state index contributed by atoms with van der Waals surface area (Å²) >= 11 is 0. The molecule has 3 aromatic rings. The van der Waals surface area contributed by atoms with Gasteiger partial charge in [-0.05, 0) is 42.8 Å². The van der Waals surface area contributed by atoms with E-state index in [1.54, 1.807) is 24.9 Å². The van der Waals surface area contributed by atoms with Gasteiger partial charge in [0, 0.05) is 24.7 Å². The number of halogens is 3. The van der Waals surface area contributed by atoms with Crippen molar-refractivity contribution in [2.75, 3.05) is 30.0 Å². The Bertz CT molecular complexity index is 1180. The molecular formula is C22H20F3N5O2. The fourth-order valence-corrected chi connectivity index (χ4v) is 3.59. The van der Waals surface area contributed by atoms with Crippen LogP contribution in [0.2, 0.25) is 0 Å². The molecule has 1 aliphatic heterocycles. The molecule has 2 N–H and O–H groups in total. The molecule has 0 atom stereocenters. The largest absolute Gasteiger partial charge is 0.395 e. The SMILES string of the molecule is Cc1cc(F)ccc1-c1nc(N(C)CCO)nc2c1CNC(=O)N2c1c(F)cccc1F. The lowest BCUT2D eigenvalue weighted by Crippen LogP contribution is -2.43. The molecule has 0 radical (unpaired) electrons. The van der Waals surface area contributed by atoms with Crippen molar-refractivity contribution in [3.63, 3.8) is 0 Å². The predicted molar refractivity (Wildman–Crippen MR) is 113 cm³/mol. The van der Waals surface area contributed by atoms with Crippen LogP contribution >= 0.6 is 0 Å². The van der Waals surface area contributed by atoms with Crippen LogP contribution in [0.4, 0.5) is 35.4 Å². The molecule has 0 unspecified atom stereocenters. The molecule has 7 nitrogen and oxygen atoms in total. The number of likely N-dealkylation sites (N-methyl/N-ethyl adjacent to an activating group) is 1. The molecule has 0 saturated carbocycles. The first kappa shape index (κ1) is 21.6. The summed E-state index contributed by atoms with van der Waals surface area (Å²) in [6.07, 6.45) is 0. The van der Waals surface area contributed by atoms with E-state index in [-0.39, 0.29) is 31.5 Å². The van der Waals surface area contributed by atoms with E-state index in [1.165, 1.54) is 18.2 Å². The number of aryl methyl sites for hydroxylation is 1. The van der Waals surface area contributed by atoms with Gasteiger partial charge in [-0.3, -0.25) is 0 Å². The maximum Gasteiger partial charge on any atom is 0.328 e. The number of urea groups is 1. The number of hydrogen-bond acceptors (Lipinski definition) is 5. The molecule has 0 fully saturated rings. The molecule has 4 rings (SSSR count). The minimum absolute atomic E-state index is 0.00580. The summed E-state index contributed by atoms with van der Waals surface area (Å²) in [6, 6.07) is 6.71. The Labute approximate surface area is 182 Å². The van der Waals surface area contributed by atoms with Gasteiger partial charge in [-0.1, -0.05) is 6.07 Å². The fraction of sp³-hybridized carbons (Fsp3) is 0.227. The number of aliphatic hydroxyl groups is 1. The van der Waals surface area contributed by atoms with Crippen molar-refractivity contribution in [1.29, 1.82) is 0 Å². The predicted octanol–water partition coefficient (Wildman–Crippen LogP) is 3.66. The van der Waals surface area contributed by atoms with Crippen molar-refractivity contribution < 1.29 is 23.1 Å². The molecule has 166 valence electrons. The van der Waals surface area contributed by atoms with E-state index in [0.29, 0.717) is 22.4 Å². The molecule has 0 bridgehead atoms. The number of fused-ring (bicyclic) bond motifs is 1. The lowest BCUT2D eigenvalue weighted by Gasteiger charge is -2.31. The van der Waals surface area contributed by atoms with Crippen molar-refractivity contribution in [3.8, 4) is 11.3 Å². The number of aliphatic hydroxyl groups excluding tert-OH is 1. The standard InChI is InChI=1S/C22H20F3N5O2/c1-12-10-13(23)6-7-14(12)18-15-11-26-22(32)30(19-16(24)4-3-5-17(19)25)20(15)28-21(27-18)29(2)8-9-31/h3-7,10,31H,8-9,11H2,1-2H3,(H,26,32). The number of hydrogen-bond donors (Lipinski definition) is 2.